The molecule has 0 unspecified atom stereocenters. The minimum Gasteiger partial charge on any atom is -0.548 e. The molecule has 2 heterocycles. The molecule has 10 heteroatoms. The van der Waals surface area contributed by atoms with Gasteiger partial charge in [-0.25, -0.2) is 19.3 Å². The van der Waals surface area contributed by atoms with Gasteiger partial charge in [0, 0.05) is 29.5 Å². The largest absolute Gasteiger partial charge is 1.00 e. The summed E-state index contributed by atoms with van der Waals surface area (Å²) in [4.78, 5) is 23.5. The second-order valence-corrected chi connectivity index (χ2v) is 5.81. The van der Waals surface area contributed by atoms with Crippen LogP contribution in [0.2, 0.25) is 5.02 Å². The zero-order valence-electron chi connectivity index (χ0n) is 15.1. The van der Waals surface area contributed by atoms with E-state index in [9.17, 15) is 14.3 Å². The number of halogens is 2. The van der Waals surface area contributed by atoms with Gasteiger partial charge in [-0.2, -0.15) is 0 Å². The van der Waals surface area contributed by atoms with Gasteiger partial charge in [0.15, 0.2) is 5.82 Å². The van der Waals surface area contributed by atoms with Crippen LogP contribution in [0.25, 0.3) is 22.6 Å². The smallest absolute Gasteiger partial charge is 0.548 e. The molecule has 0 aliphatic heterocycles. The average Bonchev–Trinajstić information content (AvgIpc) is 2.68. The van der Waals surface area contributed by atoms with Crippen molar-refractivity contribution in [1.29, 1.82) is 0 Å². The molecule has 7 nitrogen and oxygen atoms in total. The van der Waals surface area contributed by atoms with Gasteiger partial charge in [0.05, 0.1) is 30.3 Å². The topological polar surface area (TPSA) is 100 Å². The summed E-state index contributed by atoms with van der Waals surface area (Å²) >= 11 is 5.73. The van der Waals surface area contributed by atoms with Crippen LogP contribution in [0.15, 0.2) is 42.6 Å². The zero-order chi connectivity index (χ0) is 19.4. The predicted molar refractivity (Wildman–Crippen MR) is 95.7 cm³/mol. The Hall–Kier alpha value is -2.26. The van der Waals surface area contributed by atoms with Gasteiger partial charge in [0.25, 0.3) is 0 Å². The summed E-state index contributed by atoms with van der Waals surface area (Å²) in [5.41, 5.74) is 1.41. The van der Waals surface area contributed by atoms with E-state index in [-0.39, 0.29) is 46.2 Å². The van der Waals surface area contributed by atoms with E-state index in [2.05, 4.69) is 20.3 Å². The van der Waals surface area contributed by atoms with E-state index >= 15 is 0 Å². The molecule has 1 aromatic carbocycles. The number of aromatic nitrogens is 3. The van der Waals surface area contributed by atoms with Gasteiger partial charge in [0.2, 0.25) is 5.88 Å². The summed E-state index contributed by atoms with van der Waals surface area (Å²) < 4.78 is 18.8. The number of nitrogens with one attached hydrogen (secondary N) is 1. The number of rotatable bonds is 6. The number of benzene rings is 1. The predicted octanol–water partition coefficient (Wildman–Crippen LogP) is -0.827. The van der Waals surface area contributed by atoms with Crippen LogP contribution in [0.4, 0.5) is 10.2 Å². The molecule has 0 amide bonds. The maximum Gasteiger partial charge on any atom is 1.00 e. The number of ether oxygens (including phenoxy) is 1. The first-order valence-corrected chi connectivity index (χ1v) is 8.12. The van der Waals surface area contributed by atoms with Crippen molar-refractivity contribution in [2.75, 3.05) is 19.0 Å². The Morgan fingerprint density at radius 3 is 2.57 bits per heavy atom. The normalized spacial score (nSPS) is 10.1. The molecule has 1 N–H and O–H groups in total. The number of pyridine rings is 1. The molecule has 0 bridgehead atoms. The average molecular weight is 411 g/mol. The van der Waals surface area contributed by atoms with E-state index in [1.54, 1.807) is 18.2 Å². The van der Waals surface area contributed by atoms with Crippen molar-refractivity contribution in [2.24, 2.45) is 0 Å². The Balaban J connectivity index is 0.00000280. The molecule has 0 aliphatic carbocycles. The van der Waals surface area contributed by atoms with Crippen LogP contribution in [-0.2, 0) is 4.79 Å². The first kappa shape index (κ1) is 22.0. The number of anilines is 1. The molecule has 2 aromatic heterocycles. The molecule has 0 radical (unpaired) electrons. The van der Waals surface area contributed by atoms with Crippen LogP contribution in [0, 0.1) is 5.82 Å². The molecule has 0 atom stereocenters. The van der Waals surface area contributed by atoms with Crippen molar-refractivity contribution in [3.63, 3.8) is 0 Å². The molecule has 0 fully saturated rings. The molecule has 0 spiro atoms. The Morgan fingerprint density at radius 1 is 1.21 bits per heavy atom. The number of hydrogen-bond donors (Lipinski definition) is 1. The number of methoxy groups -OCH3 is 1. The SMILES string of the molecule is COc1ccc(-c2nc(NCC(=O)[O-])cc(-c3ccc(Cl)c(F)c3)n2)cn1.[Na+]. The molecule has 0 aliphatic rings. The van der Waals surface area contributed by atoms with Crippen LogP contribution in [0.5, 0.6) is 5.88 Å². The fraction of sp³-hybridized carbons (Fsp3) is 0.111. The van der Waals surface area contributed by atoms with Crippen LogP contribution >= 0.6 is 11.6 Å². The van der Waals surface area contributed by atoms with Crippen LogP contribution < -0.4 is 44.7 Å². The number of nitrogens with zero attached hydrogens (tertiary/aromatic N) is 3. The Bertz CT molecular complexity index is 989. The van der Waals surface area contributed by atoms with E-state index in [0.29, 0.717) is 22.7 Å². The van der Waals surface area contributed by atoms with Gasteiger partial charge in [-0.15, -0.1) is 0 Å². The van der Waals surface area contributed by atoms with Gasteiger partial charge in [0.1, 0.15) is 11.6 Å². The van der Waals surface area contributed by atoms with E-state index in [1.807, 2.05) is 0 Å². The summed E-state index contributed by atoms with van der Waals surface area (Å²) in [6.07, 6.45) is 1.52. The molecule has 3 aromatic rings. The summed E-state index contributed by atoms with van der Waals surface area (Å²) in [5.74, 6) is -0.945. The first-order valence-electron chi connectivity index (χ1n) is 7.75. The molecule has 0 saturated heterocycles. The van der Waals surface area contributed by atoms with E-state index in [0.717, 1.165) is 0 Å². The fourth-order valence-electron chi connectivity index (χ4n) is 2.27. The molecular formula is C18H13ClFN4NaO3. The summed E-state index contributed by atoms with van der Waals surface area (Å²) in [6, 6.07) is 9.11. The van der Waals surface area contributed by atoms with Crippen LogP contribution in [0.1, 0.15) is 0 Å². The third-order valence-corrected chi connectivity index (χ3v) is 3.87. The van der Waals surface area contributed by atoms with Crippen molar-refractivity contribution in [3.8, 4) is 28.5 Å². The zero-order valence-corrected chi connectivity index (χ0v) is 17.8. The number of hydrogen-bond acceptors (Lipinski definition) is 7. The third kappa shape index (κ3) is 5.39. The Morgan fingerprint density at radius 2 is 1.96 bits per heavy atom. The number of carboxylic acids is 1. The standard InChI is InChI=1S/C18H14ClFN4O3.Na/c1-27-16-5-3-11(8-22-16)18-23-14(7-15(24-18)21-9-17(25)26)10-2-4-12(19)13(20)6-10;/h2-8H,9H2,1H3,(H,25,26)(H,21,23,24);/q;+1/p-1. The number of carbonyl (C=O) groups excluding carboxylic acids is 1. The second kappa shape index (κ2) is 9.79. The molecular weight excluding hydrogens is 398 g/mol. The van der Waals surface area contributed by atoms with Crippen molar-refractivity contribution in [3.05, 3.63) is 53.4 Å². The molecule has 0 saturated carbocycles. The van der Waals surface area contributed by atoms with E-state index < -0.39 is 18.3 Å². The maximum absolute atomic E-state index is 13.8. The van der Waals surface area contributed by atoms with E-state index in [4.69, 9.17) is 16.3 Å². The van der Waals surface area contributed by atoms with Crippen molar-refractivity contribution >= 4 is 23.4 Å². The second-order valence-electron chi connectivity index (χ2n) is 5.41. The van der Waals surface area contributed by atoms with Crippen molar-refractivity contribution in [2.45, 2.75) is 0 Å². The maximum atomic E-state index is 13.8. The number of carboxylic acid groups (broad SMARTS) is 1. The quantitative estimate of drug-likeness (QED) is 0.529. The van der Waals surface area contributed by atoms with Crippen molar-refractivity contribution < 1.29 is 48.6 Å². The van der Waals surface area contributed by atoms with Gasteiger partial charge in [-0.1, -0.05) is 17.7 Å². The first-order chi connectivity index (χ1) is 13.0. The number of carbonyl (C=O) groups is 1. The van der Waals surface area contributed by atoms with Gasteiger partial charge in [-0.3, -0.25) is 0 Å². The molecule has 28 heavy (non-hydrogen) atoms. The number of aliphatic carboxylic acids is 1. The molecule has 3 rings (SSSR count). The summed E-state index contributed by atoms with van der Waals surface area (Å²) in [7, 11) is 1.50. The third-order valence-electron chi connectivity index (χ3n) is 3.56. The van der Waals surface area contributed by atoms with Gasteiger partial charge >= 0.3 is 29.6 Å². The summed E-state index contributed by atoms with van der Waals surface area (Å²) in [5, 5.41) is 13.4. The Kier molecular flexibility index (Phi) is 7.70. The van der Waals surface area contributed by atoms with Crippen LogP contribution in [-0.4, -0.2) is 34.6 Å². The van der Waals surface area contributed by atoms with Gasteiger partial charge in [-0.05, 0) is 18.2 Å². The minimum atomic E-state index is -1.29. The van der Waals surface area contributed by atoms with E-state index in [1.165, 1.54) is 31.5 Å². The Labute approximate surface area is 187 Å². The molecule has 138 valence electrons. The fourth-order valence-corrected chi connectivity index (χ4v) is 2.38. The summed E-state index contributed by atoms with van der Waals surface area (Å²) in [6.45, 7) is -0.439. The van der Waals surface area contributed by atoms with Crippen LogP contribution in [0.3, 0.4) is 0 Å². The minimum absolute atomic E-state index is 0. The monoisotopic (exact) mass is 410 g/mol. The van der Waals surface area contributed by atoms with Gasteiger partial charge < -0.3 is 20.0 Å². The van der Waals surface area contributed by atoms with Crippen molar-refractivity contribution in [1.82, 2.24) is 15.0 Å².